The van der Waals surface area contributed by atoms with Gasteiger partial charge in [0, 0.05) is 6.07 Å². The Morgan fingerprint density at radius 1 is 1.19 bits per heavy atom. The van der Waals surface area contributed by atoms with Crippen LogP contribution in [-0.4, -0.2) is 24.9 Å². The van der Waals surface area contributed by atoms with E-state index in [4.69, 9.17) is 14.6 Å². The highest BCUT2D eigenvalue weighted by atomic mass is 19.1. The van der Waals surface area contributed by atoms with Gasteiger partial charge in [-0.3, -0.25) is 0 Å². The minimum atomic E-state index is -0.379. The molecule has 0 aliphatic heterocycles. The number of halogens is 1. The van der Waals surface area contributed by atoms with Crippen LogP contribution in [0.25, 0.3) is 0 Å². The molecule has 90 valence electrons. The van der Waals surface area contributed by atoms with Crippen molar-refractivity contribution in [2.45, 2.75) is 19.8 Å². The van der Waals surface area contributed by atoms with Crippen LogP contribution in [0.3, 0.4) is 0 Å². The topological polar surface area (TPSA) is 38.7 Å². The summed E-state index contributed by atoms with van der Waals surface area (Å²) in [6, 6.07) is 4.13. The minimum absolute atomic E-state index is 0.106. The van der Waals surface area contributed by atoms with Gasteiger partial charge in [0.05, 0.1) is 13.2 Å². The maximum absolute atomic E-state index is 13.0. The molecule has 1 aromatic rings. The molecule has 0 saturated heterocycles. The Morgan fingerprint density at radius 2 is 1.94 bits per heavy atom. The van der Waals surface area contributed by atoms with Crippen molar-refractivity contribution in [3.8, 4) is 11.5 Å². The van der Waals surface area contributed by atoms with Crippen molar-refractivity contribution in [2.75, 3.05) is 19.8 Å². The number of rotatable bonds is 7. The van der Waals surface area contributed by atoms with Gasteiger partial charge in [-0.05, 0) is 18.6 Å². The molecule has 0 unspecified atom stereocenters. The first-order valence-electron chi connectivity index (χ1n) is 5.44. The monoisotopic (exact) mass is 228 g/mol. The first-order chi connectivity index (χ1) is 7.77. The lowest BCUT2D eigenvalue weighted by Gasteiger charge is -2.11. The Morgan fingerprint density at radius 3 is 2.62 bits per heavy atom. The third-order valence-electron chi connectivity index (χ3n) is 2.01. The zero-order chi connectivity index (χ0) is 11.8. The van der Waals surface area contributed by atoms with Gasteiger partial charge in [0.2, 0.25) is 0 Å². The molecule has 0 aliphatic rings. The second-order valence-electron chi connectivity index (χ2n) is 3.37. The molecule has 16 heavy (non-hydrogen) atoms. The van der Waals surface area contributed by atoms with Crippen molar-refractivity contribution in [3.63, 3.8) is 0 Å². The first kappa shape index (κ1) is 12.8. The number of hydrogen-bond acceptors (Lipinski definition) is 3. The average molecular weight is 228 g/mol. The molecule has 1 aromatic carbocycles. The molecule has 0 bridgehead atoms. The van der Waals surface area contributed by atoms with E-state index >= 15 is 0 Å². The number of aliphatic hydroxyl groups is 1. The van der Waals surface area contributed by atoms with E-state index in [1.165, 1.54) is 18.2 Å². The van der Waals surface area contributed by atoms with Crippen LogP contribution in [0, 0.1) is 5.82 Å². The molecule has 0 heterocycles. The van der Waals surface area contributed by atoms with Crippen LogP contribution in [0.4, 0.5) is 4.39 Å². The number of ether oxygens (including phenoxy) is 2. The fourth-order valence-electron chi connectivity index (χ4n) is 1.20. The van der Waals surface area contributed by atoms with Crippen molar-refractivity contribution in [3.05, 3.63) is 24.0 Å². The van der Waals surface area contributed by atoms with E-state index < -0.39 is 0 Å². The van der Waals surface area contributed by atoms with Crippen molar-refractivity contribution >= 4 is 0 Å². The van der Waals surface area contributed by atoms with Crippen molar-refractivity contribution in [2.24, 2.45) is 0 Å². The molecule has 3 nitrogen and oxygen atoms in total. The van der Waals surface area contributed by atoms with Crippen LogP contribution >= 0.6 is 0 Å². The van der Waals surface area contributed by atoms with E-state index in [-0.39, 0.29) is 19.0 Å². The molecule has 0 spiro atoms. The molecule has 0 aliphatic carbocycles. The lowest BCUT2D eigenvalue weighted by Crippen LogP contribution is -2.05. The molecule has 1 rings (SSSR count). The molecular formula is C12H17FO3. The minimum Gasteiger partial charge on any atom is -0.490 e. The van der Waals surface area contributed by atoms with Crippen molar-refractivity contribution < 1.29 is 19.0 Å². The molecule has 4 heteroatoms. The number of benzene rings is 1. The second kappa shape index (κ2) is 7.06. The summed E-state index contributed by atoms with van der Waals surface area (Å²) < 4.78 is 23.6. The van der Waals surface area contributed by atoms with Crippen LogP contribution < -0.4 is 9.47 Å². The number of hydrogen-bond donors (Lipinski definition) is 1. The van der Waals surface area contributed by atoms with Crippen LogP contribution in [0.15, 0.2) is 18.2 Å². The van der Waals surface area contributed by atoms with E-state index in [0.29, 0.717) is 18.1 Å². The molecule has 0 saturated carbocycles. The predicted molar refractivity (Wildman–Crippen MR) is 59.4 cm³/mol. The zero-order valence-electron chi connectivity index (χ0n) is 9.41. The van der Waals surface area contributed by atoms with Gasteiger partial charge < -0.3 is 14.6 Å². The van der Waals surface area contributed by atoms with E-state index in [0.717, 1.165) is 12.8 Å². The number of aliphatic hydroxyl groups excluding tert-OH is 1. The largest absolute Gasteiger partial charge is 0.490 e. The highest BCUT2D eigenvalue weighted by Crippen LogP contribution is 2.28. The lowest BCUT2D eigenvalue weighted by atomic mass is 10.3. The van der Waals surface area contributed by atoms with Gasteiger partial charge in [0.1, 0.15) is 12.4 Å². The summed E-state index contributed by atoms with van der Waals surface area (Å²) in [5.74, 6) is 0.476. The van der Waals surface area contributed by atoms with Gasteiger partial charge in [-0.2, -0.15) is 0 Å². The number of unbranched alkanes of at least 4 members (excludes halogenated alkanes) is 1. The smallest absolute Gasteiger partial charge is 0.164 e. The molecule has 0 amide bonds. The maximum atomic E-state index is 13.0. The summed E-state index contributed by atoms with van der Waals surface area (Å²) in [7, 11) is 0. The lowest BCUT2D eigenvalue weighted by molar-refractivity contribution is 0.192. The first-order valence-corrected chi connectivity index (χ1v) is 5.44. The van der Waals surface area contributed by atoms with E-state index in [1.807, 2.05) is 0 Å². The van der Waals surface area contributed by atoms with Crippen LogP contribution in [0.2, 0.25) is 0 Å². The summed E-state index contributed by atoms with van der Waals surface area (Å²) >= 11 is 0. The third kappa shape index (κ3) is 4.06. The predicted octanol–water partition coefficient (Wildman–Crippen LogP) is 2.38. The SMILES string of the molecule is CCCCOc1ccc(F)cc1OCCO. The van der Waals surface area contributed by atoms with Crippen molar-refractivity contribution in [1.82, 2.24) is 0 Å². The van der Waals surface area contributed by atoms with Crippen LogP contribution in [-0.2, 0) is 0 Å². The van der Waals surface area contributed by atoms with Gasteiger partial charge >= 0.3 is 0 Å². The fraction of sp³-hybridized carbons (Fsp3) is 0.500. The average Bonchev–Trinajstić information content (AvgIpc) is 2.29. The van der Waals surface area contributed by atoms with E-state index in [2.05, 4.69) is 6.92 Å². The zero-order valence-corrected chi connectivity index (χ0v) is 9.41. The maximum Gasteiger partial charge on any atom is 0.164 e. The summed E-state index contributed by atoms with van der Waals surface area (Å²) in [4.78, 5) is 0. The summed E-state index contributed by atoms with van der Waals surface area (Å²) in [6.07, 6.45) is 1.98. The molecular weight excluding hydrogens is 211 g/mol. The van der Waals surface area contributed by atoms with Crippen LogP contribution in [0.5, 0.6) is 11.5 Å². The Balaban J connectivity index is 2.64. The third-order valence-corrected chi connectivity index (χ3v) is 2.01. The standard InChI is InChI=1S/C12H17FO3/c1-2-3-7-15-11-5-4-10(13)9-12(11)16-8-6-14/h4-5,9,14H,2-3,6-8H2,1H3. The highest BCUT2D eigenvalue weighted by Gasteiger charge is 2.06. The van der Waals surface area contributed by atoms with Crippen molar-refractivity contribution in [1.29, 1.82) is 0 Å². The molecule has 1 N–H and O–H groups in total. The second-order valence-corrected chi connectivity index (χ2v) is 3.37. The fourth-order valence-corrected chi connectivity index (χ4v) is 1.20. The summed E-state index contributed by atoms with van der Waals surface area (Å²) in [5, 5.41) is 8.64. The highest BCUT2D eigenvalue weighted by molar-refractivity contribution is 5.40. The molecule has 0 atom stereocenters. The summed E-state index contributed by atoms with van der Waals surface area (Å²) in [5.41, 5.74) is 0. The van der Waals surface area contributed by atoms with Gasteiger partial charge in [-0.15, -0.1) is 0 Å². The van der Waals surface area contributed by atoms with Gasteiger partial charge in [-0.1, -0.05) is 13.3 Å². The Kier molecular flexibility index (Phi) is 5.64. The summed E-state index contributed by atoms with van der Waals surface area (Å²) in [6.45, 7) is 2.67. The quantitative estimate of drug-likeness (QED) is 0.728. The van der Waals surface area contributed by atoms with Gasteiger partial charge in [0.15, 0.2) is 11.5 Å². The molecule has 0 aromatic heterocycles. The molecule has 0 radical (unpaired) electrons. The Labute approximate surface area is 94.8 Å². The van der Waals surface area contributed by atoms with Gasteiger partial charge in [0.25, 0.3) is 0 Å². The Bertz CT molecular complexity index is 315. The Hall–Kier alpha value is -1.29. The van der Waals surface area contributed by atoms with E-state index in [9.17, 15) is 4.39 Å². The molecule has 0 fully saturated rings. The normalized spacial score (nSPS) is 10.2. The van der Waals surface area contributed by atoms with E-state index in [1.54, 1.807) is 0 Å². The van der Waals surface area contributed by atoms with Gasteiger partial charge in [-0.25, -0.2) is 4.39 Å². The van der Waals surface area contributed by atoms with Crippen LogP contribution in [0.1, 0.15) is 19.8 Å².